The normalized spacial score (nSPS) is 13.3. The number of aliphatic carboxylic acids is 1. The number of carbonyl (C=O) groups is 4. The van der Waals surface area contributed by atoms with Gasteiger partial charge in [0.15, 0.2) is 11.5 Å². The van der Waals surface area contributed by atoms with E-state index >= 15 is 0 Å². The van der Waals surface area contributed by atoms with Crippen molar-refractivity contribution in [1.29, 1.82) is 0 Å². The van der Waals surface area contributed by atoms with Gasteiger partial charge < -0.3 is 29.8 Å². The summed E-state index contributed by atoms with van der Waals surface area (Å²) < 4.78 is 21.3. The van der Waals surface area contributed by atoms with Gasteiger partial charge in [0.2, 0.25) is 0 Å². The zero-order chi connectivity index (χ0) is 29.4. The highest BCUT2D eigenvalue weighted by Crippen LogP contribution is 2.36. The lowest BCUT2D eigenvalue weighted by Gasteiger charge is -2.28. The van der Waals surface area contributed by atoms with Crippen LogP contribution in [-0.2, 0) is 23.9 Å². The van der Waals surface area contributed by atoms with Crippen LogP contribution in [0.4, 0.5) is 4.79 Å². The minimum atomic E-state index is -1.36. The molecule has 220 valence electrons. The monoisotopic (exact) mass is 551 g/mol. The predicted octanol–water partition coefficient (Wildman–Crippen LogP) is 5.60. The molecule has 0 aliphatic rings. The van der Waals surface area contributed by atoms with Crippen molar-refractivity contribution < 1.29 is 43.2 Å². The van der Waals surface area contributed by atoms with Gasteiger partial charge in [-0.2, -0.15) is 0 Å². The van der Waals surface area contributed by atoms with E-state index in [1.807, 2.05) is 27.7 Å². The van der Waals surface area contributed by atoms with Crippen molar-refractivity contribution in [2.24, 2.45) is 17.6 Å². The average molecular weight is 552 g/mol. The van der Waals surface area contributed by atoms with Crippen molar-refractivity contribution in [2.75, 3.05) is 13.2 Å². The second-order valence-electron chi connectivity index (χ2n) is 10.2. The summed E-state index contributed by atoms with van der Waals surface area (Å²) in [5.74, 6) is -3.38. The number of nitrogens with two attached hydrogens (primary N) is 1. The third kappa shape index (κ3) is 13.0. The van der Waals surface area contributed by atoms with E-state index in [9.17, 15) is 24.3 Å². The third-order valence-electron chi connectivity index (χ3n) is 6.05. The second-order valence-corrected chi connectivity index (χ2v) is 10.2. The number of carboxylic acid groups (broad SMARTS) is 1. The van der Waals surface area contributed by atoms with Crippen LogP contribution in [0.2, 0.25) is 0 Å². The number of esters is 2. The highest BCUT2D eigenvalue weighted by Gasteiger charge is 2.33. The Balaban J connectivity index is 3.24. The molecule has 0 amide bonds. The molecule has 0 aromatic heterocycles. The summed E-state index contributed by atoms with van der Waals surface area (Å²) in [5.41, 5.74) is 6.48. The molecule has 3 atom stereocenters. The summed E-state index contributed by atoms with van der Waals surface area (Å²) in [6.07, 6.45) is 4.49. The van der Waals surface area contributed by atoms with Crippen molar-refractivity contribution >= 4 is 24.1 Å². The van der Waals surface area contributed by atoms with Gasteiger partial charge >= 0.3 is 24.1 Å². The number of hydrogen-bond acceptors (Lipinski definition) is 9. The van der Waals surface area contributed by atoms with Crippen molar-refractivity contribution in [3.8, 4) is 11.5 Å². The zero-order valence-electron chi connectivity index (χ0n) is 23.9. The maximum Gasteiger partial charge on any atom is 0.508 e. The van der Waals surface area contributed by atoms with E-state index in [1.54, 1.807) is 13.0 Å². The molecule has 1 aromatic rings. The predicted molar refractivity (Wildman–Crippen MR) is 146 cm³/mol. The number of carbonyl (C=O) groups excluding carboxylic acids is 3. The average Bonchev–Trinajstić information content (AvgIpc) is 2.88. The van der Waals surface area contributed by atoms with Crippen LogP contribution >= 0.6 is 0 Å². The summed E-state index contributed by atoms with van der Waals surface area (Å²) in [6, 6.07) is 3.15. The number of rotatable bonds is 18. The van der Waals surface area contributed by atoms with Crippen LogP contribution < -0.4 is 15.2 Å². The fourth-order valence-electron chi connectivity index (χ4n) is 3.91. The second kappa shape index (κ2) is 18.2. The molecule has 1 aromatic carbocycles. The van der Waals surface area contributed by atoms with Crippen LogP contribution in [0.1, 0.15) is 97.5 Å². The lowest BCUT2D eigenvalue weighted by atomic mass is 9.82. The number of benzene rings is 1. The lowest BCUT2D eigenvalue weighted by Crippen LogP contribution is -2.40. The molecule has 0 saturated heterocycles. The molecule has 0 aliphatic heterocycles. The van der Waals surface area contributed by atoms with E-state index in [-0.39, 0.29) is 43.5 Å². The van der Waals surface area contributed by atoms with E-state index in [0.717, 1.165) is 25.7 Å². The molecule has 10 heteroatoms. The number of ether oxygens (including phenoxy) is 4. The largest absolute Gasteiger partial charge is 0.508 e. The minimum absolute atomic E-state index is 0.00453. The quantitative estimate of drug-likeness (QED) is 0.134. The van der Waals surface area contributed by atoms with Crippen LogP contribution in [0, 0.1) is 11.8 Å². The molecule has 0 radical (unpaired) electrons. The molecular weight excluding hydrogens is 506 g/mol. The van der Waals surface area contributed by atoms with Crippen LogP contribution in [0.25, 0.3) is 0 Å². The standard InChI is InChI=1S/C29H45NO9/c1-6-8-10-12-24(31)38-22-15-14-21(16-23(22)39-25(32)13-11-9-7-2)26(27(30)28(33)34)20(5)18-37-29(35)36-17-19(3)4/h14-16,19-20,26-27H,6-13,17-18,30H2,1-5H3,(H,33,34)/t20?,26?,27-/m0/s1. The Labute approximate surface area is 231 Å². The van der Waals surface area contributed by atoms with Gasteiger partial charge in [-0.3, -0.25) is 14.4 Å². The number of carboxylic acids is 1. The highest BCUT2D eigenvalue weighted by atomic mass is 16.7. The molecule has 0 heterocycles. The van der Waals surface area contributed by atoms with Crippen molar-refractivity contribution in [3.05, 3.63) is 23.8 Å². The van der Waals surface area contributed by atoms with Crippen molar-refractivity contribution in [3.63, 3.8) is 0 Å². The fraction of sp³-hybridized carbons (Fsp3) is 0.655. The Kier molecular flexibility index (Phi) is 15.8. The Morgan fingerprint density at radius 1 is 0.821 bits per heavy atom. The summed E-state index contributed by atoms with van der Waals surface area (Å²) >= 11 is 0. The first-order valence-electron chi connectivity index (χ1n) is 13.8. The Bertz CT molecular complexity index is 931. The van der Waals surface area contributed by atoms with Crippen LogP contribution in [-0.4, -0.2) is 48.4 Å². The Hall–Kier alpha value is -3.14. The lowest BCUT2D eigenvalue weighted by molar-refractivity contribution is -0.139. The molecule has 39 heavy (non-hydrogen) atoms. The molecular formula is C29H45NO9. The molecule has 0 bridgehead atoms. The van der Waals surface area contributed by atoms with Crippen LogP contribution in [0.3, 0.4) is 0 Å². The maximum atomic E-state index is 12.5. The van der Waals surface area contributed by atoms with E-state index in [4.69, 9.17) is 24.7 Å². The van der Waals surface area contributed by atoms with Crippen molar-refractivity contribution in [2.45, 2.75) is 97.9 Å². The summed E-state index contributed by atoms with van der Waals surface area (Å²) in [7, 11) is 0. The van der Waals surface area contributed by atoms with Gasteiger partial charge in [0, 0.05) is 18.8 Å². The van der Waals surface area contributed by atoms with Crippen molar-refractivity contribution in [1.82, 2.24) is 0 Å². The Morgan fingerprint density at radius 3 is 1.87 bits per heavy atom. The third-order valence-corrected chi connectivity index (χ3v) is 6.05. The van der Waals surface area contributed by atoms with Gasteiger partial charge in [0.25, 0.3) is 0 Å². The van der Waals surface area contributed by atoms with E-state index in [1.165, 1.54) is 12.1 Å². The van der Waals surface area contributed by atoms with Gasteiger partial charge in [0.1, 0.15) is 6.04 Å². The summed E-state index contributed by atoms with van der Waals surface area (Å²) in [4.78, 5) is 48.7. The molecule has 2 unspecified atom stereocenters. The first-order chi connectivity index (χ1) is 18.5. The molecule has 0 fully saturated rings. The highest BCUT2D eigenvalue weighted by molar-refractivity contribution is 5.77. The number of hydrogen-bond donors (Lipinski definition) is 2. The Morgan fingerprint density at radius 2 is 1.36 bits per heavy atom. The topological polar surface area (TPSA) is 151 Å². The first-order valence-corrected chi connectivity index (χ1v) is 13.8. The van der Waals surface area contributed by atoms with Gasteiger partial charge in [-0.05, 0) is 42.4 Å². The molecule has 3 N–H and O–H groups in total. The number of unbranched alkanes of at least 4 members (excludes halogenated alkanes) is 4. The summed E-state index contributed by atoms with van der Waals surface area (Å²) in [5, 5.41) is 9.68. The van der Waals surface area contributed by atoms with E-state index < -0.39 is 41.9 Å². The van der Waals surface area contributed by atoms with Gasteiger partial charge in [-0.1, -0.05) is 66.4 Å². The van der Waals surface area contributed by atoms with Gasteiger partial charge in [-0.25, -0.2) is 4.79 Å². The zero-order valence-corrected chi connectivity index (χ0v) is 23.9. The minimum Gasteiger partial charge on any atom is -0.480 e. The molecule has 0 saturated carbocycles. The summed E-state index contributed by atoms with van der Waals surface area (Å²) in [6.45, 7) is 9.56. The van der Waals surface area contributed by atoms with Crippen LogP contribution in [0.15, 0.2) is 18.2 Å². The van der Waals surface area contributed by atoms with Crippen LogP contribution in [0.5, 0.6) is 11.5 Å². The van der Waals surface area contributed by atoms with Gasteiger partial charge in [0.05, 0.1) is 13.2 Å². The fourth-order valence-corrected chi connectivity index (χ4v) is 3.91. The smallest absolute Gasteiger partial charge is 0.480 e. The molecule has 1 rings (SSSR count). The first kappa shape index (κ1) is 33.9. The van der Waals surface area contributed by atoms with Gasteiger partial charge in [-0.15, -0.1) is 0 Å². The SMILES string of the molecule is CCCCCC(=O)Oc1ccc(C(C(C)COC(=O)OCC(C)C)[C@H](N)C(=O)O)cc1OC(=O)CCCCC. The molecule has 0 spiro atoms. The van der Waals surface area contributed by atoms with E-state index in [0.29, 0.717) is 18.4 Å². The molecule has 0 aliphatic carbocycles. The maximum absolute atomic E-state index is 12.5. The van der Waals surface area contributed by atoms with E-state index in [2.05, 4.69) is 0 Å². The molecule has 10 nitrogen and oxygen atoms in total.